The first kappa shape index (κ1) is 17.4. The molecule has 0 aromatic heterocycles. The van der Waals surface area contributed by atoms with E-state index < -0.39 is 16.8 Å². The number of nitrogens with zero attached hydrogens (tertiary/aromatic N) is 1. The highest BCUT2D eigenvalue weighted by atomic mass is 16.6. The molecule has 22 heavy (non-hydrogen) atoms. The zero-order valence-electron chi connectivity index (χ0n) is 12.2. The fourth-order valence-corrected chi connectivity index (χ4v) is 1.86. The standard InChI is InChI=1S/C14H18N2O6/c1-22-10-6-7-12(16(20)21)11(9-10)14(19)15-8-4-2-3-5-13(17)18/h6-7,9H,2-5,8H2,1H3,(H,15,19)(H,17,18). The number of amides is 1. The Morgan fingerprint density at radius 1 is 1.32 bits per heavy atom. The summed E-state index contributed by atoms with van der Waals surface area (Å²) < 4.78 is 4.96. The number of benzene rings is 1. The van der Waals surface area contributed by atoms with E-state index in [1.165, 1.54) is 25.3 Å². The summed E-state index contributed by atoms with van der Waals surface area (Å²) in [6.07, 6.45) is 1.89. The zero-order chi connectivity index (χ0) is 16.5. The molecule has 1 aromatic carbocycles. The molecule has 8 heteroatoms. The number of rotatable bonds is 9. The van der Waals surface area contributed by atoms with Gasteiger partial charge in [-0.15, -0.1) is 0 Å². The summed E-state index contributed by atoms with van der Waals surface area (Å²) in [6, 6.07) is 3.96. The highest BCUT2D eigenvalue weighted by Crippen LogP contribution is 2.23. The maximum Gasteiger partial charge on any atom is 0.303 e. The lowest BCUT2D eigenvalue weighted by molar-refractivity contribution is -0.385. The molecule has 2 N–H and O–H groups in total. The van der Waals surface area contributed by atoms with Crippen LogP contribution >= 0.6 is 0 Å². The van der Waals surface area contributed by atoms with Gasteiger partial charge in [0, 0.05) is 19.0 Å². The molecule has 8 nitrogen and oxygen atoms in total. The van der Waals surface area contributed by atoms with Crippen LogP contribution < -0.4 is 10.1 Å². The van der Waals surface area contributed by atoms with Crippen molar-refractivity contribution in [3.05, 3.63) is 33.9 Å². The van der Waals surface area contributed by atoms with Gasteiger partial charge in [-0.2, -0.15) is 0 Å². The molecular formula is C14H18N2O6. The van der Waals surface area contributed by atoms with E-state index >= 15 is 0 Å². The Balaban J connectivity index is 2.57. The van der Waals surface area contributed by atoms with Gasteiger partial charge in [0.1, 0.15) is 11.3 Å². The van der Waals surface area contributed by atoms with E-state index in [0.29, 0.717) is 31.6 Å². The van der Waals surface area contributed by atoms with Crippen LogP contribution in [0.1, 0.15) is 36.0 Å². The predicted molar refractivity (Wildman–Crippen MR) is 78.1 cm³/mol. The van der Waals surface area contributed by atoms with Gasteiger partial charge in [-0.05, 0) is 25.0 Å². The molecule has 0 aliphatic heterocycles. The van der Waals surface area contributed by atoms with E-state index in [1.54, 1.807) is 0 Å². The number of carboxylic acid groups (broad SMARTS) is 1. The molecule has 0 atom stereocenters. The number of carbonyl (C=O) groups is 2. The van der Waals surface area contributed by atoms with Gasteiger partial charge in [0.25, 0.3) is 11.6 Å². The second-order valence-corrected chi connectivity index (χ2v) is 4.60. The maximum atomic E-state index is 12.0. The molecule has 0 fully saturated rings. The van der Waals surface area contributed by atoms with Crippen LogP contribution in [0.2, 0.25) is 0 Å². The average Bonchev–Trinajstić information content (AvgIpc) is 2.49. The first-order valence-electron chi connectivity index (χ1n) is 6.78. The summed E-state index contributed by atoms with van der Waals surface area (Å²) in [5, 5.41) is 22.0. The van der Waals surface area contributed by atoms with Gasteiger partial charge in [-0.25, -0.2) is 0 Å². The minimum Gasteiger partial charge on any atom is -0.497 e. The Labute approximate surface area is 127 Å². The lowest BCUT2D eigenvalue weighted by atomic mass is 10.1. The number of hydrogen-bond acceptors (Lipinski definition) is 5. The lowest BCUT2D eigenvalue weighted by Crippen LogP contribution is -2.25. The van der Waals surface area contributed by atoms with Gasteiger partial charge in [-0.3, -0.25) is 19.7 Å². The zero-order valence-corrected chi connectivity index (χ0v) is 12.2. The molecular weight excluding hydrogens is 292 g/mol. The molecule has 0 unspecified atom stereocenters. The molecule has 0 spiro atoms. The molecule has 0 heterocycles. The van der Waals surface area contributed by atoms with Crippen molar-refractivity contribution in [3.8, 4) is 5.75 Å². The van der Waals surface area contributed by atoms with Crippen molar-refractivity contribution in [1.82, 2.24) is 5.32 Å². The quantitative estimate of drug-likeness (QED) is 0.409. The minimum atomic E-state index is -0.851. The smallest absolute Gasteiger partial charge is 0.303 e. The number of nitro benzene ring substituents is 1. The number of unbranched alkanes of at least 4 members (excludes halogenated alkanes) is 2. The Morgan fingerprint density at radius 2 is 2.05 bits per heavy atom. The van der Waals surface area contributed by atoms with Crippen molar-refractivity contribution in [3.63, 3.8) is 0 Å². The lowest BCUT2D eigenvalue weighted by Gasteiger charge is -2.07. The molecule has 1 rings (SSSR count). The van der Waals surface area contributed by atoms with Crippen molar-refractivity contribution >= 4 is 17.6 Å². The van der Waals surface area contributed by atoms with Crippen LogP contribution in [-0.4, -0.2) is 35.6 Å². The van der Waals surface area contributed by atoms with Crippen LogP contribution in [0.15, 0.2) is 18.2 Å². The summed E-state index contributed by atoms with van der Waals surface area (Å²) in [6.45, 7) is 0.326. The van der Waals surface area contributed by atoms with Crippen molar-refractivity contribution in [2.24, 2.45) is 0 Å². The molecule has 0 saturated carbocycles. The second-order valence-electron chi connectivity index (χ2n) is 4.60. The van der Waals surface area contributed by atoms with Gasteiger partial charge in [-0.1, -0.05) is 6.42 Å². The largest absolute Gasteiger partial charge is 0.497 e. The Bertz CT molecular complexity index is 558. The van der Waals surface area contributed by atoms with Crippen LogP contribution in [0.5, 0.6) is 5.75 Å². The van der Waals surface area contributed by atoms with E-state index in [0.717, 1.165) is 0 Å². The summed E-state index contributed by atoms with van der Waals surface area (Å²) in [4.78, 5) is 32.7. The Hall–Kier alpha value is -2.64. The average molecular weight is 310 g/mol. The van der Waals surface area contributed by atoms with E-state index in [4.69, 9.17) is 9.84 Å². The SMILES string of the molecule is COc1ccc([N+](=O)[O-])c(C(=O)NCCCCCC(=O)O)c1. The fraction of sp³-hybridized carbons (Fsp3) is 0.429. The second kappa shape index (κ2) is 8.60. The molecule has 1 aromatic rings. The van der Waals surface area contributed by atoms with Gasteiger partial charge >= 0.3 is 5.97 Å². The number of carbonyl (C=O) groups excluding carboxylic acids is 1. The normalized spacial score (nSPS) is 10.0. The number of nitrogens with one attached hydrogen (secondary N) is 1. The number of carboxylic acids is 1. The van der Waals surface area contributed by atoms with Crippen molar-refractivity contribution in [2.75, 3.05) is 13.7 Å². The molecule has 0 bridgehead atoms. The monoisotopic (exact) mass is 310 g/mol. The number of aliphatic carboxylic acids is 1. The van der Waals surface area contributed by atoms with E-state index in [-0.39, 0.29) is 17.7 Å². The number of hydrogen-bond donors (Lipinski definition) is 2. The summed E-state index contributed by atoms with van der Waals surface area (Å²) in [5.41, 5.74) is -0.348. The first-order valence-corrected chi connectivity index (χ1v) is 6.78. The minimum absolute atomic E-state index is 0.0603. The summed E-state index contributed by atoms with van der Waals surface area (Å²) in [5.74, 6) is -1.04. The molecule has 120 valence electrons. The molecule has 0 aliphatic rings. The van der Waals surface area contributed by atoms with Crippen LogP contribution in [0.3, 0.4) is 0 Å². The molecule has 1 amide bonds. The highest BCUT2D eigenvalue weighted by Gasteiger charge is 2.20. The third kappa shape index (κ3) is 5.39. The molecule has 0 aliphatic carbocycles. The molecule has 0 saturated heterocycles. The van der Waals surface area contributed by atoms with E-state index in [2.05, 4.69) is 5.32 Å². The van der Waals surface area contributed by atoms with Crippen molar-refractivity contribution < 1.29 is 24.4 Å². The third-order valence-corrected chi connectivity index (χ3v) is 3.00. The van der Waals surface area contributed by atoms with Gasteiger partial charge < -0.3 is 15.2 Å². The number of nitro groups is 1. The van der Waals surface area contributed by atoms with Gasteiger partial charge in [0.15, 0.2) is 0 Å². The van der Waals surface area contributed by atoms with Crippen molar-refractivity contribution in [2.45, 2.75) is 25.7 Å². The first-order chi connectivity index (χ1) is 10.5. The van der Waals surface area contributed by atoms with Crippen LogP contribution in [0.25, 0.3) is 0 Å². The highest BCUT2D eigenvalue weighted by molar-refractivity contribution is 5.98. The van der Waals surface area contributed by atoms with Gasteiger partial charge in [0.05, 0.1) is 12.0 Å². The summed E-state index contributed by atoms with van der Waals surface area (Å²) in [7, 11) is 1.41. The topological polar surface area (TPSA) is 119 Å². The molecule has 0 radical (unpaired) electrons. The van der Waals surface area contributed by atoms with E-state index in [9.17, 15) is 19.7 Å². The van der Waals surface area contributed by atoms with Crippen LogP contribution in [0.4, 0.5) is 5.69 Å². The number of methoxy groups -OCH3 is 1. The van der Waals surface area contributed by atoms with Gasteiger partial charge in [0.2, 0.25) is 0 Å². The van der Waals surface area contributed by atoms with Crippen LogP contribution in [0, 0.1) is 10.1 Å². The van der Waals surface area contributed by atoms with E-state index in [1.807, 2.05) is 0 Å². The predicted octanol–water partition coefficient (Wildman–Crippen LogP) is 1.98. The van der Waals surface area contributed by atoms with Crippen molar-refractivity contribution in [1.29, 1.82) is 0 Å². The van der Waals surface area contributed by atoms with Crippen LogP contribution in [-0.2, 0) is 4.79 Å². The fourth-order valence-electron chi connectivity index (χ4n) is 1.86. The Kier molecular flexibility index (Phi) is 6.81. The Morgan fingerprint density at radius 3 is 2.64 bits per heavy atom. The third-order valence-electron chi connectivity index (χ3n) is 3.00. The summed E-state index contributed by atoms with van der Waals surface area (Å²) >= 11 is 0. The maximum absolute atomic E-state index is 12.0. The number of ether oxygens (including phenoxy) is 1.